The first kappa shape index (κ1) is 24.1. The normalized spacial score (nSPS) is 16.1. The number of aromatic nitrogens is 1. The molecule has 1 aliphatic rings. The zero-order valence-electron chi connectivity index (χ0n) is 19.7. The molecule has 3 aromatic rings. The van der Waals surface area contributed by atoms with E-state index in [1.807, 2.05) is 25.1 Å². The van der Waals surface area contributed by atoms with Gasteiger partial charge in [-0.25, -0.2) is 12.4 Å². The predicted octanol–water partition coefficient (Wildman–Crippen LogP) is 4.80. The van der Waals surface area contributed by atoms with Crippen LogP contribution in [0, 0.1) is 0 Å². The summed E-state index contributed by atoms with van der Waals surface area (Å²) in [5.74, 6) is 1.00. The number of hydrogen-bond acceptors (Lipinski definition) is 5. The minimum atomic E-state index is -3.85. The molecule has 4 rings (SSSR count). The van der Waals surface area contributed by atoms with E-state index in [-0.39, 0.29) is 4.90 Å². The number of likely N-dealkylation sites (N-methyl/N-ethyl adjacent to an activating group) is 1. The highest BCUT2D eigenvalue weighted by molar-refractivity contribution is 7.90. The molecule has 2 heterocycles. The second-order valence-electron chi connectivity index (χ2n) is 8.95. The Kier molecular flexibility index (Phi) is 7.05. The van der Waals surface area contributed by atoms with Crippen LogP contribution in [0.15, 0.2) is 47.4 Å². The minimum absolute atomic E-state index is 0.258. The second kappa shape index (κ2) is 9.66. The molecule has 178 valence electrons. The first-order chi connectivity index (χ1) is 15.7. The topological polar surface area (TPSA) is 54.8 Å². The molecule has 0 spiro atoms. The first-order valence-electron chi connectivity index (χ1n) is 11.4. The molecule has 33 heavy (non-hydrogen) atoms. The van der Waals surface area contributed by atoms with Crippen LogP contribution in [0.4, 0.5) is 0 Å². The Bertz CT molecular complexity index is 1230. The van der Waals surface area contributed by atoms with E-state index in [0.29, 0.717) is 46.4 Å². The van der Waals surface area contributed by atoms with Crippen LogP contribution >= 0.6 is 11.6 Å². The summed E-state index contributed by atoms with van der Waals surface area (Å²) in [4.78, 5) is 4.79. The van der Waals surface area contributed by atoms with Crippen molar-refractivity contribution < 1.29 is 13.2 Å². The Balaban J connectivity index is 1.85. The number of halogens is 1. The van der Waals surface area contributed by atoms with E-state index in [4.69, 9.17) is 16.3 Å². The molecule has 0 atom stereocenters. The maximum Gasteiger partial charge on any atom is 0.268 e. The van der Waals surface area contributed by atoms with Crippen molar-refractivity contribution in [3.63, 3.8) is 0 Å². The van der Waals surface area contributed by atoms with Gasteiger partial charge in [0.1, 0.15) is 5.75 Å². The van der Waals surface area contributed by atoms with Crippen molar-refractivity contribution in [1.82, 2.24) is 13.8 Å². The van der Waals surface area contributed by atoms with Crippen molar-refractivity contribution >= 4 is 32.5 Å². The molecule has 0 unspecified atom stereocenters. The van der Waals surface area contributed by atoms with Gasteiger partial charge >= 0.3 is 0 Å². The van der Waals surface area contributed by atoms with Gasteiger partial charge in [0, 0.05) is 38.1 Å². The molecule has 0 radical (unpaired) electrons. The molecule has 1 fully saturated rings. The fourth-order valence-corrected chi connectivity index (χ4v) is 6.16. The van der Waals surface area contributed by atoms with Gasteiger partial charge in [-0.2, -0.15) is 0 Å². The maximum absolute atomic E-state index is 13.9. The maximum atomic E-state index is 13.9. The zero-order valence-corrected chi connectivity index (χ0v) is 21.3. The van der Waals surface area contributed by atoms with Crippen LogP contribution in [0.25, 0.3) is 10.9 Å². The molecule has 1 aliphatic heterocycles. The highest BCUT2D eigenvalue weighted by Crippen LogP contribution is 2.37. The van der Waals surface area contributed by atoms with Crippen LogP contribution in [0.1, 0.15) is 37.9 Å². The monoisotopic (exact) mass is 489 g/mol. The summed E-state index contributed by atoms with van der Waals surface area (Å²) in [5, 5.41) is 1.15. The standard InChI is InChI=1S/C25H32ClN3O3S/c1-5-32-20-8-11-23-22(16-20)25(26)24(17-28-14-12-27(4)13-15-28)29(23)33(30,31)21-9-6-19(7-10-21)18(2)3/h6-11,16,18H,5,12-15,17H2,1-4H3. The van der Waals surface area contributed by atoms with E-state index in [1.54, 1.807) is 24.3 Å². The Morgan fingerprint density at radius 1 is 1.03 bits per heavy atom. The van der Waals surface area contributed by atoms with Gasteiger partial charge in [0.15, 0.2) is 0 Å². The average molecular weight is 490 g/mol. The van der Waals surface area contributed by atoms with Gasteiger partial charge in [0.05, 0.1) is 27.7 Å². The molecule has 0 saturated carbocycles. The number of piperazine rings is 1. The molecule has 0 amide bonds. The Morgan fingerprint density at radius 2 is 1.70 bits per heavy atom. The quantitative estimate of drug-likeness (QED) is 0.477. The molecule has 2 aromatic carbocycles. The molecule has 8 heteroatoms. The van der Waals surface area contributed by atoms with Crippen LogP contribution in [0.3, 0.4) is 0 Å². The van der Waals surface area contributed by atoms with Gasteiger partial charge in [0.2, 0.25) is 0 Å². The molecule has 1 saturated heterocycles. The van der Waals surface area contributed by atoms with Crippen LogP contribution in [-0.2, 0) is 16.6 Å². The molecule has 0 N–H and O–H groups in total. The summed E-state index contributed by atoms with van der Waals surface area (Å²) in [5.41, 5.74) is 2.27. The van der Waals surface area contributed by atoms with Crippen molar-refractivity contribution in [3.8, 4) is 5.75 Å². The fraction of sp³-hybridized carbons (Fsp3) is 0.440. The first-order valence-corrected chi connectivity index (χ1v) is 13.3. The Labute approximate surface area is 201 Å². The predicted molar refractivity (Wildman–Crippen MR) is 134 cm³/mol. The van der Waals surface area contributed by atoms with Crippen LogP contribution < -0.4 is 4.74 Å². The summed E-state index contributed by atoms with van der Waals surface area (Å²) in [7, 11) is -1.75. The third kappa shape index (κ3) is 4.78. The molecular formula is C25H32ClN3O3S. The van der Waals surface area contributed by atoms with Gasteiger partial charge in [-0.05, 0) is 55.8 Å². The lowest BCUT2D eigenvalue weighted by Gasteiger charge is -2.32. The van der Waals surface area contributed by atoms with Crippen molar-refractivity contribution in [2.24, 2.45) is 0 Å². The summed E-state index contributed by atoms with van der Waals surface area (Å²) in [6, 6.07) is 12.6. The number of hydrogen-bond donors (Lipinski definition) is 0. The van der Waals surface area contributed by atoms with E-state index in [9.17, 15) is 8.42 Å². The molecule has 0 aliphatic carbocycles. The second-order valence-corrected chi connectivity index (χ2v) is 11.1. The largest absolute Gasteiger partial charge is 0.494 e. The average Bonchev–Trinajstić information content (AvgIpc) is 3.07. The van der Waals surface area contributed by atoms with Crippen LogP contribution in [0.5, 0.6) is 5.75 Å². The van der Waals surface area contributed by atoms with E-state index in [1.165, 1.54) is 3.97 Å². The molecule has 1 aromatic heterocycles. The van der Waals surface area contributed by atoms with Crippen molar-refractivity contribution in [2.75, 3.05) is 39.8 Å². The molecule has 0 bridgehead atoms. The number of nitrogens with zero attached hydrogens (tertiary/aromatic N) is 3. The SMILES string of the molecule is CCOc1ccc2c(c1)c(Cl)c(CN1CCN(C)CC1)n2S(=O)(=O)c1ccc(C(C)C)cc1. The van der Waals surface area contributed by atoms with E-state index in [0.717, 1.165) is 31.7 Å². The highest BCUT2D eigenvalue weighted by Gasteiger charge is 2.28. The molecular weight excluding hydrogens is 458 g/mol. The lowest BCUT2D eigenvalue weighted by atomic mass is 10.0. The summed E-state index contributed by atoms with van der Waals surface area (Å²) in [6.07, 6.45) is 0. The summed E-state index contributed by atoms with van der Waals surface area (Å²) >= 11 is 6.86. The lowest BCUT2D eigenvalue weighted by Crippen LogP contribution is -2.44. The minimum Gasteiger partial charge on any atom is -0.494 e. The van der Waals surface area contributed by atoms with Gasteiger partial charge in [-0.1, -0.05) is 37.6 Å². The third-order valence-electron chi connectivity index (χ3n) is 6.29. The Hall–Kier alpha value is -2.06. The Morgan fingerprint density at radius 3 is 2.30 bits per heavy atom. The van der Waals surface area contributed by atoms with Crippen molar-refractivity contribution in [1.29, 1.82) is 0 Å². The number of rotatable bonds is 7. The molecule has 6 nitrogen and oxygen atoms in total. The number of fused-ring (bicyclic) bond motifs is 1. The number of benzene rings is 2. The van der Waals surface area contributed by atoms with Gasteiger partial charge < -0.3 is 9.64 Å². The number of ether oxygens (including phenoxy) is 1. The van der Waals surface area contributed by atoms with E-state index >= 15 is 0 Å². The van der Waals surface area contributed by atoms with Crippen molar-refractivity contribution in [2.45, 2.75) is 38.1 Å². The summed E-state index contributed by atoms with van der Waals surface area (Å²) < 4.78 is 34.9. The highest BCUT2D eigenvalue weighted by atomic mass is 35.5. The third-order valence-corrected chi connectivity index (χ3v) is 8.47. The van der Waals surface area contributed by atoms with Crippen LogP contribution in [-0.4, -0.2) is 62.0 Å². The van der Waals surface area contributed by atoms with E-state index < -0.39 is 10.0 Å². The fourth-order valence-electron chi connectivity index (χ4n) is 4.27. The van der Waals surface area contributed by atoms with Crippen molar-refractivity contribution in [3.05, 3.63) is 58.7 Å². The van der Waals surface area contributed by atoms with Gasteiger partial charge in [-0.3, -0.25) is 4.90 Å². The van der Waals surface area contributed by atoms with E-state index in [2.05, 4.69) is 30.7 Å². The smallest absolute Gasteiger partial charge is 0.268 e. The zero-order chi connectivity index (χ0) is 23.8. The lowest BCUT2D eigenvalue weighted by molar-refractivity contribution is 0.147. The summed E-state index contributed by atoms with van der Waals surface area (Å²) in [6.45, 7) is 10.7. The van der Waals surface area contributed by atoms with Gasteiger partial charge in [-0.15, -0.1) is 0 Å². The van der Waals surface area contributed by atoms with Crippen LogP contribution in [0.2, 0.25) is 5.02 Å². The van der Waals surface area contributed by atoms with Gasteiger partial charge in [0.25, 0.3) is 10.0 Å².